The summed E-state index contributed by atoms with van der Waals surface area (Å²) < 4.78 is 26.6. The second kappa shape index (κ2) is 70.2. The zero-order chi connectivity index (χ0) is 13.5. The fraction of sp³-hybridized carbons (Fsp3) is 0. The van der Waals surface area contributed by atoms with E-state index in [4.69, 9.17) is 57.7 Å². The summed E-state index contributed by atoms with van der Waals surface area (Å²) in [6.07, 6.45) is 0. The molecule has 0 fully saturated rings. The predicted octanol–water partition coefficient (Wildman–Crippen LogP) is -11.2. The maximum absolute atomic E-state index is 8.88. The van der Waals surface area contributed by atoms with Gasteiger partial charge in [-0.3, -0.25) is 0 Å². The molecule has 0 amide bonds. The molecule has 0 aliphatic carbocycles. The zero-order valence-corrected chi connectivity index (χ0v) is 9.27. The molecule has 9 N–H and O–H groups in total. The van der Waals surface area contributed by atoms with Crippen LogP contribution in [0.4, 0.5) is 0 Å². The fourth-order valence-electron chi connectivity index (χ4n) is 0. The van der Waals surface area contributed by atoms with Gasteiger partial charge in [0.05, 0.1) is 0 Å². The fourth-order valence-corrected chi connectivity index (χ4v) is 0. The molecule has 0 bridgehead atoms. The van der Waals surface area contributed by atoms with Crippen molar-refractivity contribution in [3.8, 4) is 0 Å². The molecule has 0 rings (SSSR count). The molecule has 28 heavy (non-hydrogen) atoms. The summed E-state index contributed by atoms with van der Waals surface area (Å²) in [4.78, 5) is 64.7. The predicted molar refractivity (Wildman–Crippen MR) is 136 cm³/mol. The summed E-state index contributed by atoms with van der Waals surface area (Å²) in [5.74, 6) is 0. The van der Waals surface area contributed by atoms with Crippen LogP contribution < -0.4 is 0 Å². The van der Waals surface area contributed by atoms with Crippen molar-refractivity contribution in [2.75, 3.05) is 0 Å². The Bertz CT molecular complexity index is 225. The Morgan fingerprint density at radius 3 is 0.250 bits per heavy atom. The van der Waals surface area contributed by atoms with Crippen molar-refractivity contribution in [3.05, 3.63) is 0 Å². The van der Waals surface area contributed by atoms with Gasteiger partial charge in [0, 0.05) is 0 Å². The van der Waals surface area contributed by atoms with Crippen LogP contribution in [0.15, 0.2) is 0 Å². The van der Waals surface area contributed by atoms with E-state index in [2.05, 4.69) is 0 Å². The third kappa shape index (κ3) is 222. The van der Waals surface area contributed by atoms with Crippen molar-refractivity contribution in [2.45, 2.75) is 0 Å². The maximum atomic E-state index is 8.88. The number of hydrogen-bond donors (Lipinski definition) is 9. The van der Waals surface area contributed by atoms with Crippen molar-refractivity contribution in [1.29, 1.82) is 0 Å². The van der Waals surface area contributed by atoms with Gasteiger partial charge in [-0.25, -0.2) is 13.7 Å². The molecule has 0 aromatic carbocycles. The van der Waals surface area contributed by atoms with E-state index < -0.39 is 23.5 Å². The Morgan fingerprint density at radius 1 is 0.250 bits per heavy atom. The van der Waals surface area contributed by atoms with Gasteiger partial charge < -0.3 is 44.0 Å². The van der Waals surface area contributed by atoms with E-state index in [-0.39, 0.29) is 668 Å². The molecule has 0 aliphatic rings. The molecule has 0 atom stereocenters. The van der Waals surface area contributed by atoms with Crippen molar-refractivity contribution in [2.24, 2.45) is 0 Å². The Kier molecular flexibility index (Phi) is 260. The van der Waals surface area contributed by atoms with Gasteiger partial charge in [-0.2, -0.15) is 0 Å². The molecule has 0 spiro atoms. The molecule has 0 aromatic heterocycles. The molecule has 0 aliphatic heterocycles. The van der Waals surface area contributed by atoms with Crippen LogP contribution in [0.1, 0.15) is 0 Å². The molecule has 0 unspecified atom stereocenters. The van der Waals surface area contributed by atoms with Gasteiger partial charge in [0.15, 0.2) is 0 Å². The summed E-state index contributed by atoms with van der Waals surface area (Å²) in [5.41, 5.74) is 0. The first-order chi connectivity index (χ1) is 6.00. The minimum absolute atomic E-state index is 0. The van der Waals surface area contributed by atoms with Crippen LogP contribution in [0.5, 0.6) is 0 Å². The Hall–Kier alpha value is 21.6. The average molecular weight is 815 g/mol. The zero-order valence-electron chi connectivity index (χ0n) is 6.59. The number of phosphoric acid groups is 3. The Balaban J connectivity index is -0.00000000447. The first kappa shape index (κ1) is 104. The quantitative estimate of drug-likeness (QED) is 0.0821. The average Bonchev–Trinajstić information content (AvgIpc) is 1.41. The first-order valence-corrected chi connectivity index (χ1v) is 7.04. The normalized spacial score (nSPS) is 6.32. The molecule has 28 heteroatoms. The van der Waals surface area contributed by atoms with Crippen molar-refractivity contribution in [3.63, 3.8) is 0 Å². The van der Waals surface area contributed by atoms with Gasteiger partial charge in [-0.15, -0.1) is 0 Å². The van der Waals surface area contributed by atoms with Crippen molar-refractivity contribution >= 4 is 691 Å². The molecule has 0 aromatic rings. The summed E-state index contributed by atoms with van der Waals surface area (Å²) in [7, 11) is -13.9. The number of hydrogen-bond acceptors (Lipinski definition) is 3. The van der Waals surface area contributed by atoms with Crippen LogP contribution in [0.2, 0.25) is 0 Å². The van der Waals surface area contributed by atoms with Crippen molar-refractivity contribution < 1.29 is 57.7 Å². The van der Waals surface area contributed by atoms with Gasteiger partial charge in [-0.05, 0) is 0 Å². The molecule has 0 saturated carbocycles. The summed E-state index contributed by atoms with van der Waals surface area (Å²) >= 11 is 0. The third-order valence-corrected chi connectivity index (χ3v) is 0. The van der Waals surface area contributed by atoms with E-state index in [1.807, 2.05) is 0 Å². The third-order valence-electron chi connectivity index (χ3n) is 0. The van der Waals surface area contributed by atoms with Gasteiger partial charge in [0.1, 0.15) is 0 Å². The molecule has 122 valence electrons. The molecule has 0 saturated heterocycles. The molecule has 0 radical (unpaired) electrons. The molecule has 12 nitrogen and oxygen atoms in total. The van der Waals surface area contributed by atoms with Gasteiger partial charge >= 0.3 is 691 Å². The van der Waals surface area contributed by atoms with E-state index in [1.165, 1.54) is 0 Å². The van der Waals surface area contributed by atoms with Crippen LogP contribution in [-0.2, 0) is 13.7 Å². The van der Waals surface area contributed by atoms with Gasteiger partial charge in [0.2, 0.25) is 0 Å². The van der Waals surface area contributed by atoms with Crippen LogP contribution >= 0.6 is 23.5 Å². The standard InChI is InChI=1S/13K.3H3O4P.13H/c;;;;;;;;;;;;;3*1-5(2,3)4;;;;;;;;;;;;;/h;;;;;;;;;;;;;3*(H3,1,2,3,4);;;;;;;;;;;;;. The van der Waals surface area contributed by atoms with E-state index in [0.717, 1.165) is 0 Å². The summed E-state index contributed by atoms with van der Waals surface area (Å²) in [6.45, 7) is 0. The van der Waals surface area contributed by atoms with E-state index in [9.17, 15) is 0 Å². The second-order valence-electron chi connectivity index (χ2n) is 1.54. The Morgan fingerprint density at radius 2 is 0.250 bits per heavy atom. The van der Waals surface area contributed by atoms with E-state index in [1.54, 1.807) is 0 Å². The van der Waals surface area contributed by atoms with Crippen LogP contribution in [0.25, 0.3) is 0 Å². The minimum atomic E-state index is -4.64. The van der Waals surface area contributed by atoms with Gasteiger partial charge in [-0.1, -0.05) is 0 Å². The SMILES string of the molecule is O=P(O)(O)O.O=P(O)(O)O.O=P(O)(O)O.[KH].[KH].[KH].[KH].[KH].[KH].[KH].[KH].[KH].[KH].[KH].[KH].[KH]. The van der Waals surface area contributed by atoms with Crippen LogP contribution in [0.3, 0.4) is 0 Å². The van der Waals surface area contributed by atoms with Crippen LogP contribution in [0, 0.1) is 0 Å². The van der Waals surface area contributed by atoms with Gasteiger partial charge in [0.25, 0.3) is 0 Å². The number of rotatable bonds is 0. The topological polar surface area (TPSA) is 233 Å². The molecule has 0 heterocycles. The van der Waals surface area contributed by atoms with E-state index >= 15 is 0 Å². The Labute approximate surface area is 718 Å². The summed E-state index contributed by atoms with van der Waals surface area (Å²) in [5, 5.41) is 0. The first-order valence-electron chi connectivity index (χ1n) is 2.35. The second-order valence-corrected chi connectivity index (χ2v) is 4.62. The van der Waals surface area contributed by atoms with Crippen LogP contribution in [-0.4, -0.2) is 712 Å². The molecular weight excluding hydrogens is 793 g/mol. The van der Waals surface area contributed by atoms with Crippen molar-refractivity contribution in [1.82, 2.24) is 0 Å². The summed E-state index contributed by atoms with van der Waals surface area (Å²) in [6, 6.07) is 0. The monoisotopic (exact) mass is 814 g/mol. The van der Waals surface area contributed by atoms with E-state index in [0.29, 0.717) is 0 Å². The molecular formula is H22K13O12P3.